The molecule has 0 heterocycles. The lowest BCUT2D eigenvalue weighted by Gasteiger charge is -2.11. The Bertz CT molecular complexity index is 390. The quantitative estimate of drug-likeness (QED) is 0.686. The average Bonchev–Trinajstić information content (AvgIpc) is 2.81. The molecule has 2 rings (SSSR count). The predicted octanol–water partition coefficient (Wildman–Crippen LogP) is 1.38. The molecule has 1 aliphatic rings. The van der Waals surface area contributed by atoms with Gasteiger partial charge in [0.1, 0.15) is 11.5 Å². The minimum Gasteiger partial charge on any atom is -0.508 e. The van der Waals surface area contributed by atoms with Gasteiger partial charge in [-0.1, -0.05) is 0 Å². The molecule has 4 nitrogen and oxygen atoms in total. The van der Waals surface area contributed by atoms with Crippen molar-refractivity contribution in [1.29, 1.82) is 0 Å². The third kappa shape index (κ3) is 2.21. The number of phenols is 2. The van der Waals surface area contributed by atoms with E-state index in [9.17, 15) is 15.0 Å². The topological polar surface area (TPSA) is 69.6 Å². The first-order chi connectivity index (χ1) is 6.98. The molecule has 1 aliphatic carbocycles. The number of nitrogens with one attached hydrogen (secondary N) is 1. The second-order valence-electron chi connectivity index (χ2n) is 4.25. The highest BCUT2D eigenvalue weighted by atomic mass is 16.3. The fourth-order valence-electron chi connectivity index (χ4n) is 1.39. The first-order valence-corrected chi connectivity index (χ1v) is 4.84. The first kappa shape index (κ1) is 9.83. The summed E-state index contributed by atoms with van der Waals surface area (Å²) in [6, 6.07) is 3.86. The van der Waals surface area contributed by atoms with Gasteiger partial charge in [0, 0.05) is 17.2 Å². The third-order valence-corrected chi connectivity index (χ3v) is 2.58. The van der Waals surface area contributed by atoms with Crippen molar-refractivity contribution in [1.82, 2.24) is 5.32 Å². The van der Waals surface area contributed by atoms with Gasteiger partial charge in [-0.3, -0.25) is 4.79 Å². The molecule has 0 saturated heterocycles. The fraction of sp³-hybridized carbons (Fsp3) is 0.364. The normalized spacial score (nSPS) is 17.1. The summed E-state index contributed by atoms with van der Waals surface area (Å²) < 4.78 is 0. The van der Waals surface area contributed by atoms with Gasteiger partial charge in [0.25, 0.3) is 5.91 Å². The highest BCUT2D eigenvalue weighted by Gasteiger charge is 2.38. The molecule has 0 atom stereocenters. The molecule has 0 spiro atoms. The number of benzene rings is 1. The van der Waals surface area contributed by atoms with Gasteiger partial charge in [-0.15, -0.1) is 0 Å². The van der Waals surface area contributed by atoms with Crippen molar-refractivity contribution in [3.63, 3.8) is 0 Å². The molecule has 0 aliphatic heterocycles. The molecule has 1 saturated carbocycles. The first-order valence-electron chi connectivity index (χ1n) is 4.84. The van der Waals surface area contributed by atoms with Crippen LogP contribution in [0.25, 0.3) is 0 Å². The van der Waals surface area contributed by atoms with Crippen LogP contribution in [0.3, 0.4) is 0 Å². The number of carbonyl (C=O) groups is 1. The van der Waals surface area contributed by atoms with Crippen molar-refractivity contribution < 1.29 is 15.0 Å². The maximum atomic E-state index is 11.7. The number of aromatic hydroxyl groups is 2. The van der Waals surface area contributed by atoms with Crippen LogP contribution in [0.4, 0.5) is 0 Å². The molecule has 1 amide bonds. The second kappa shape index (κ2) is 3.15. The third-order valence-electron chi connectivity index (χ3n) is 2.58. The molecule has 0 bridgehead atoms. The Hall–Kier alpha value is -1.71. The molecule has 1 aromatic rings. The summed E-state index contributed by atoms with van der Waals surface area (Å²) in [5.74, 6) is -0.483. The van der Waals surface area contributed by atoms with Gasteiger partial charge in [-0.25, -0.2) is 0 Å². The summed E-state index contributed by atoms with van der Waals surface area (Å²) in [5, 5.41) is 21.3. The fourth-order valence-corrected chi connectivity index (χ4v) is 1.39. The van der Waals surface area contributed by atoms with Crippen LogP contribution in [0.15, 0.2) is 18.2 Å². The molecular weight excluding hydrogens is 194 g/mol. The van der Waals surface area contributed by atoms with E-state index in [1.807, 2.05) is 6.92 Å². The highest BCUT2D eigenvalue weighted by molar-refractivity contribution is 5.95. The number of carbonyl (C=O) groups excluding carboxylic acids is 1. The summed E-state index contributed by atoms with van der Waals surface area (Å²) in [6.45, 7) is 1.97. The van der Waals surface area contributed by atoms with Crippen LogP contribution in [0.1, 0.15) is 30.1 Å². The summed E-state index contributed by atoms with van der Waals surface area (Å²) in [6.07, 6.45) is 1.95. The minimum atomic E-state index is -0.263. The molecule has 0 unspecified atom stereocenters. The van der Waals surface area contributed by atoms with E-state index in [0.717, 1.165) is 12.8 Å². The number of hydrogen-bond donors (Lipinski definition) is 3. The van der Waals surface area contributed by atoms with Crippen molar-refractivity contribution in [3.8, 4) is 11.5 Å². The Kier molecular flexibility index (Phi) is 2.07. The predicted molar refractivity (Wildman–Crippen MR) is 54.9 cm³/mol. The van der Waals surface area contributed by atoms with E-state index < -0.39 is 0 Å². The van der Waals surface area contributed by atoms with Crippen molar-refractivity contribution in [2.75, 3.05) is 0 Å². The molecule has 0 radical (unpaired) electrons. The van der Waals surface area contributed by atoms with Crippen molar-refractivity contribution in [2.45, 2.75) is 25.3 Å². The summed E-state index contributed by atoms with van der Waals surface area (Å²) in [7, 11) is 0. The van der Waals surface area contributed by atoms with Crippen molar-refractivity contribution in [2.24, 2.45) is 0 Å². The van der Waals surface area contributed by atoms with Gasteiger partial charge in [0.2, 0.25) is 0 Å². The van der Waals surface area contributed by atoms with E-state index in [2.05, 4.69) is 5.32 Å². The molecule has 0 aromatic heterocycles. The Morgan fingerprint density at radius 3 is 2.27 bits per heavy atom. The second-order valence-corrected chi connectivity index (χ2v) is 4.25. The summed E-state index contributed by atoms with van der Waals surface area (Å²) in [4.78, 5) is 11.7. The van der Waals surface area contributed by atoms with Gasteiger partial charge in [0.15, 0.2) is 0 Å². The zero-order valence-electron chi connectivity index (χ0n) is 8.45. The van der Waals surface area contributed by atoms with E-state index >= 15 is 0 Å². The Balaban J connectivity index is 2.17. The zero-order valence-corrected chi connectivity index (χ0v) is 8.45. The molecule has 15 heavy (non-hydrogen) atoms. The molecule has 80 valence electrons. The van der Waals surface area contributed by atoms with Crippen molar-refractivity contribution in [3.05, 3.63) is 23.8 Å². The number of phenolic OH excluding ortho intramolecular Hbond substituents is 2. The van der Waals surface area contributed by atoms with Gasteiger partial charge < -0.3 is 15.5 Å². The van der Waals surface area contributed by atoms with Crippen LogP contribution in [-0.2, 0) is 0 Å². The maximum absolute atomic E-state index is 11.7. The van der Waals surface area contributed by atoms with E-state index in [-0.39, 0.29) is 28.5 Å². The average molecular weight is 207 g/mol. The SMILES string of the molecule is CC1(NC(=O)c2cc(O)cc(O)c2)CC1. The molecule has 1 aromatic carbocycles. The minimum absolute atomic E-state index is 0.0990. The lowest BCUT2D eigenvalue weighted by atomic mass is 10.1. The Morgan fingerprint density at radius 1 is 1.27 bits per heavy atom. The molecule has 3 N–H and O–H groups in total. The van der Waals surface area contributed by atoms with Gasteiger partial charge in [0.05, 0.1) is 0 Å². The number of rotatable bonds is 2. The standard InChI is InChI=1S/C11H13NO3/c1-11(2-3-11)12-10(15)7-4-8(13)6-9(14)5-7/h4-6,13-14H,2-3H2,1H3,(H,12,15). The van der Waals surface area contributed by atoms with Gasteiger partial charge >= 0.3 is 0 Å². The summed E-state index contributed by atoms with van der Waals surface area (Å²) >= 11 is 0. The van der Waals surface area contributed by atoms with E-state index in [4.69, 9.17) is 0 Å². The molecule has 4 heteroatoms. The van der Waals surface area contributed by atoms with Crippen molar-refractivity contribution >= 4 is 5.91 Å². The van der Waals surface area contributed by atoms with Crippen LogP contribution in [0, 0.1) is 0 Å². The van der Waals surface area contributed by atoms with Crippen LogP contribution in [-0.4, -0.2) is 21.7 Å². The lowest BCUT2D eigenvalue weighted by molar-refractivity contribution is 0.0934. The summed E-state index contributed by atoms with van der Waals surface area (Å²) in [5.41, 5.74) is 0.179. The Labute approximate surface area is 87.6 Å². The molecular formula is C11H13NO3. The maximum Gasteiger partial charge on any atom is 0.251 e. The van der Waals surface area contributed by atoms with Crippen LogP contribution in [0.5, 0.6) is 11.5 Å². The van der Waals surface area contributed by atoms with Crippen LogP contribution < -0.4 is 5.32 Å². The monoisotopic (exact) mass is 207 g/mol. The lowest BCUT2D eigenvalue weighted by Crippen LogP contribution is -2.34. The smallest absolute Gasteiger partial charge is 0.251 e. The van der Waals surface area contributed by atoms with E-state index in [0.29, 0.717) is 0 Å². The molecule has 1 fully saturated rings. The highest BCUT2D eigenvalue weighted by Crippen LogP contribution is 2.34. The van der Waals surface area contributed by atoms with Gasteiger partial charge in [-0.05, 0) is 31.9 Å². The van der Waals surface area contributed by atoms with Gasteiger partial charge in [-0.2, -0.15) is 0 Å². The zero-order chi connectivity index (χ0) is 11.1. The Morgan fingerprint density at radius 2 is 1.80 bits per heavy atom. The van der Waals surface area contributed by atoms with E-state index in [1.54, 1.807) is 0 Å². The number of amides is 1. The number of hydrogen-bond acceptors (Lipinski definition) is 3. The largest absolute Gasteiger partial charge is 0.508 e. The van der Waals surface area contributed by atoms with Crippen LogP contribution >= 0.6 is 0 Å². The van der Waals surface area contributed by atoms with Crippen LogP contribution in [0.2, 0.25) is 0 Å². The van der Waals surface area contributed by atoms with E-state index in [1.165, 1.54) is 18.2 Å².